The molecule has 0 spiro atoms. The maximum atomic E-state index is 13.0. The molecule has 0 fully saturated rings. The molecule has 0 saturated heterocycles. The van der Waals surface area contributed by atoms with Crippen LogP contribution in [0.3, 0.4) is 0 Å². The number of alkyl halides is 3. The molecule has 2 aromatic heterocycles. The molecule has 0 radical (unpaired) electrons. The predicted octanol–water partition coefficient (Wildman–Crippen LogP) is 3.89. The van der Waals surface area contributed by atoms with Crippen molar-refractivity contribution in [2.45, 2.75) is 12.2 Å². The number of nitrogens with zero attached hydrogens (tertiary/aromatic N) is 3. The van der Waals surface area contributed by atoms with Crippen molar-refractivity contribution >= 4 is 28.6 Å². The van der Waals surface area contributed by atoms with Gasteiger partial charge in [0.2, 0.25) is 5.95 Å². The van der Waals surface area contributed by atoms with Gasteiger partial charge in [-0.15, -0.1) is 0 Å². The molecule has 0 unspecified atom stereocenters. The lowest BCUT2D eigenvalue weighted by Crippen LogP contribution is -2.29. The van der Waals surface area contributed by atoms with Crippen LogP contribution in [0, 0.1) is 0 Å². The first-order chi connectivity index (χ1) is 16.2. The number of fused-ring (bicyclic) bond motifs is 1. The highest BCUT2D eigenvalue weighted by molar-refractivity contribution is 6.30. The third-order valence-corrected chi connectivity index (χ3v) is 5.35. The first-order valence-corrected chi connectivity index (χ1v) is 10.4. The van der Waals surface area contributed by atoms with Crippen LogP contribution in [0.2, 0.25) is 5.02 Å². The Balaban J connectivity index is 1.98. The highest BCUT2D eigenvalue weighted by atomic mass is 35.5. The maximum absolute atomic E-state index is 13.0. The Labute approximate surface area is 196 Å². The van der Waals surface area contributed by atoms with E-state index in [4.69, 9.17) is 11.6 Å². The summed E-state index contributed by atoms with van der Waals surface area (Å²) in [6.07, 6.45) is -4.52. The molecule has 0 aliphatic carbocycles. The summed E-state index contributed by atoms with van der Waals surface area (Å²) in [7, 11) is 0. The highest BCUT2D eigenvalue weighted by Gasteiger charge is 2.30. The molecule has 0 amide bonds. The Hall–Kier alpha value is -3.47. The Morgan fingerprint density at radius 2 is 1.59 bits per heavy atom. The third kappa shape index (κ3) is 4.74. The van der Waals surface area contributed by atoms with E-state index in [1.807, 2.05) is 0 Å². The molecule has 2 heterocycles. The Morgan fingerprint density at radius 1 is 0.941 bits per heavy atom. The number of benzene rings is 2. The monoisotopic (exact) mass is 490 g/mol. The number of nitrogens with one attached hydrogen (secondary N) is 1. The number of pyridine rings is 1. The first kappa shape index (κ1) is 23.7. The molecule has 0 aliphatic heterocycles. The molecular weight excluding hydrogens is 473 g/mol. The molecule has 2 aromatic carbocycles. The van der Waals surface area contributed by atoms with Crippen LogP contribution in [0.15, 0.2) is 65.5 Å². The van der Waals surface area contributed by atoms with E-state index in [0.717, 1.165) is 12.1 Å². The van der Waals surface area contributed by atoms with Crippen LogP contribution < -0.4 is 10.9 Å². The topological polar surface area (TPSA) is 100 Å². The highest BCUT2D eigenvalue weighted by Crippen LogP contribution is 2.31. The SMILES string of the molecule is O=c1ccc2c(-c3ccc(Cl)cc3)nc(NC(CO)CO)nc2n1-c1ccc(C(F)(F)F)cc1. The van der Waals surface area contributed by atoms with Crippen molar-refractivity contribution in [1.29, 1.82) is 0 Å². The van der Waals surface area contributed by atoms with E-state index in [2.05, 4.69) is 15.3 Å². The number of hydrogen-bond acceptors (Lipinski definition) is 6. The van der Waals surface area contributed by atoms with Gasteiger partial charge in [-0.2, -0.15) is 18.2 Å². The normalized spacial score (nSPS) is 11.9. The number of anilines is 1. The van der Waals surface area contributed by atoms with Gasteiger partial charge in [-0.05, 0) is 42.5 Å². The fraction of sp³-hybridized carbons (Fsp3) is 0.174. The van der Waals surface area contributed by atoms with Gasteiger partial charge in [-0.25, -0.2) is 4.98 Å². The van der Waals surface area contributed by atoms with Gasteiger partial charge in [0.05, 0.1) is 36.2 Å². The second kappa shape index (κ2) is 9.41. The molecule has 11 heteroatoms. The number of aliphatic hydroxyl groups excluding tert-OH is 2. The van der Waals surface area contributed by atoms with Crippen LogP contribution in [0.4, 0.5) is 19.1 Å². The van der Waals surface area contributed by atoms with E-state index >= 15 is 0 Å². The van der Waals surface area contributed by atoms with Gasteiger partial charge in [-0.1, -0.05) is 23.7 Å². The molecular formula is C23H18ClF3N4O3. The summed E-state index contributed by atoms with van der Waals surface area (Å²) in [5, 5.41) is 22.7. The van der Waals surface area contributed by atoms with E-state index in [-0.39, 0.29) is 17.3 Å². The van der Waals surface area contributed by atoms with Crippen LogP contribution in [0.1, 0.15) is 5.56 Å². The molecule has 0 atom stereocenters. The van der Waals surface area contributed by atoms with Crippen molar-refractivity contribution in [3.8, 4) is 16.9 Å². The summed E-state index contributed by atoms with van der Waals surface area (Å²) in [6.45, 7) is -0.816. The van der Waals surface area contributed by atoms with E-state index < -0.39 is 36.6 Å². The second-order valence-electron chi connectivity index (χ2n) is 7.40. The average Bonchev–Trinajstić information content (AvgIpc) is 2.82. The van der Waals surface area contributed by atoms with Crippen LogP contribution in [0.5, 0.6) is 0 Å². The fourth-order valence-electron chi connectivity index (χ4n) is 3.39. The van der Waals surface area contributed by atoms with Gasteiger partial charge in [0, 0.05) is 22.0 Å². The lowest BCUT2D eigenvalue weighted by Gasteiger charge is -2.17. The van der Waals surface area contributed by atoms with Gasteiger partial charge >= 0.3 is 6.18 Å². The third-order valence-electron chi connectivity index (χ3n) is 5.09. The first-order valence-electron chi connectivity index (χ1n) is 10.1. The quantitative estimate of drug-likeness (QED) is 0.379. The minimum atomic E-state index is -4.52. The summed E-state index contributed by atoms with van der Waals surface area (Å²) < 4.78 is 40.2. The smallest absolute Gasteiger partial charge is 0.394 e. The molecule has 4 rings (SSSR count). The van der Waals surface area contributed by atoms with Gasteiger partial charge in [-0.3, -0.25) is 9.36 Å². The maximum Gasteiger partial charge on any atom is 0.416 e. The number of aliphatic hydroxyl groups is 2. The second-order valence-corrected chi connectivity index (χ2v) is 7.83. The van der Waals surface area contributed by atoms with E-state index in [1.165, 1.54) is 28.8 Å². The van der Waals surface area contributed by atoms with Crippen molar-refractivity contribution in [2.24, 2.45) is 0 Å². The number of halogens is 4. The van der Waals surface area contributed by atoms with Crippen LogP contribution in [0.25, 0.3) is 28.0 Å². The van der Waals surface area contributed by atoms with Crippen molar-refractivity contribution in [3.05, 3.63) is 81.6 Å². The molecule has 3 N–H and O–H groups in total. The molecule has 7 nitrogen and oxygen atoms in total. The number of hydrogen-bond donors (Lipinski definition) is 3. The fourth-order valence-corrected chi connectivity index (χ4v) is 3.51. The largest absolute Gasteiger partial charge is 0.416 e. The predicted molar refractivity (Wildman–Crippen MR) is 122 cm³/mol. The van der Waals surface area contributed by atoms with Crippen LogP contribution in [-0.4, -0.2) is 44.0 Å². The number of aromatic nitrogens is 3. The summed E-state index contributed by atoms with van der Waals surface area (Å²) >= 11 is 6.00. The number of rotatable bonds is 6. The van der Waals surface area contributed by atoms with Crippen molar-refractivity contribution in [2.75, 3.05) is 18.5 Å². The minimum absolute atomic E-state index is 0.0109. The molecule has 0 aliphatic rings. The van der Waals surface area contributed by atoms with Gasteiger partial charge < -0.3 is 15.5 Å². The van der Waals surface area contributed by atoms with Gasteiger partial charge in [0.25, 0.3) is 5.56 Å². The zero-order valence-electron chi connectivity index (χ0n) is 17.4. The lowest BCUT2D eigenvalue weighted by molar-refractivity contribution is -0.137. The van der Waals surface area contributed by atoms with Crippen molar-refractivity contribution in [3.63, 3.8) is 0 Å². The van der Waals surface area contributed by atoms with E-state index in [0.29, 0.717) is 21.7 Å². The average molecular weight is 491 g/mol. The lowest BCUT2D eigenvalue weighted by atomic mass is 10.1. The van der Waals surface area contributed by atoms with Crippen LogP contribution in [-0.2, 0) is 6.18 Å². The standard InChI is InChI=1S/C23H18ClF3N4O3/c24-15-5-1-13(2-6-15)20-18-9-10-19(34)31(17-7-3-14(4-8-17)23(25,26)27)21(18)30-22(29-20)28-16(11-32)12-33/h1-10,16,32-33H,11-12H2,(H,28,29,30). The van der Waals surface area contributed by atoms with Crippen molar-refractivity contribution in [1.82, 2.24) is 14.5 Å². The Kier molecular flexibility index (Phi) is 6.56. The summed E-state index contributed by atoms with van der Waals surface area (Å²) in [5.74, 6) is 0.0109. The Bertz CT molecular complexity index is 1370. The summed E-state index contributed by atoms with van der Waals surface area (Å²) in [5.41, 5.74) is -0.00100. The minimum Gasteiger partial charge on any atom is -0.394 e. The summed E-state index contributed by atoms with van der Waals surface area (Å²) in [6, 6.07) is 12.9. The molecule has 176 valence electrons. The molecule has 0 saturated carbocycles. The van der Waals surface area contributed by atoms with Crippen molar-refractivity contribution < 1.29 is 23.4 Å². The van der Waals surface area contributed by atoms with E-state index in [1.54, 1.807) is 24.3 Å². The van der Waals surface area contributed by atoms with E-state index in [9.17, 15) is 28.2 Å². The zero-order chi connectivity index (χ0) is 24.5. The molecule has 34 heavy (non-hydrogen) atoms. The Morgan fingerprint density at radius 3 is 2.18 bits per heavy atom. The van der Waals surface area contributed by atoms with Gasteiger partial charge in [0.15, 0.2) is 5.65 Å². The molecule has 0 bridgehead atoms. The molecule has 4 aromatic rings. The zero-order valence-corrected chi connectivity index (χ0v) is 18.2. The summed E-state index contributed by atoms with van der Waals surface area (Å²) in [4.78, 5) is 21.7. The van der Waals surface area contributed by atoms with Crippen LogP contribution >= 0.6 is 11.6 Å². The van der Waals surface area contributed by atoms with Gasteiger partial charge in [0.1, 0.15) is 0 Å².